The number of ketones is 1. The molecular weight excluding hydrogens is 388 g/mol. The molecule has 1 amide bonds. The second-order valence-corrected chi connectivity index (χ2v) is 7.82. The van der Waals surface area contributed by atoms with E-state index in [1.54, 1.807) is 55.5 Å². The summed E-state index contributed by atoms with van der Waals surface area (Å²) in [4.78, 5) is 27.2. The summed E-state index contributed by atoms with van der Waals surface area (Å²) in [6.07, 6.45) is 0. The molecule has 0 unspecified atom stereocenters. The van der Waals surface area contributed by atoms with Gasteiger partial charge in [0.1, 0.15) is 5.75 Å². The van der Waals surface area contributed by atoms with Crippen molar-refractivity contribution in [2.24, 2.45) is 10.8 Å². The number of carbonyl (C=O) groups is 2. The van der Waals surface area contributed by atoms with Crippen LogP contribution in [0, 0.1) is 22.2 Å². The third-order valence-corrected chi connectivity index (χ3v) is 6.28. The molecule has 0 heterocycles. The topological polar surface area (TPSA) is 79.2 Å². The van der Waals surface area contributed by atoms with E-state index in [1.165, 1.54) is 7.11 Å². The van der Waals surface area contributed by atoms with Crippen LogP contribution in [-0.2, 0) is 4.79 Å². The van der Waals surface area contributed by atoms with Gasteiger partial charge in [0.15, 0.2) is 11.2 Å². The van der Waals surface area contributed by atoms with Gasteiger partial charge in [0, 0.05) is 11.5 Å². The number of methoxy groups -OCH3 is 1. The van der Waals surface area contributed by atoms with Crippen molar-refractivity contribution in [3.8, 4) is 11.8 Å². The summed E-state index contributed by atoms with van der Waals surface area (Å²) >= 11 is 0. The summed E-state index contributed by atoms with van der Waals surface area (Å²) in [5.74, 6) is -0.829. The predicted octanol–water partition coefficient (Wildman–Crippen LogP) is 4.83. The Kier molecular flexibility index (Phi) is 5.08. The minimum absolute atomic E-state index is 0.223. The molecule has 5 nitrogen and oxygen atoms in total. The van der Waals surface area contributed by atoms with Gasteiger partial charge in [-0.15, -0.1) is 0 Å². The van der Waals surface area contributed by atoms with E-state index in [-0.39, 0.29) is 5.78 Å². The van der Waals surface area contributed by atoms with Crippen molar-refractivity contribution < 1.29 is 14.3 Å². The fourth-order valence-corrected chi connectivity index (χ4v) is 4.61. The number of nitriles is 1. The van der Waals surface area contributed by atoms with E-state index in [2.05, 4.69) is 11.4 Å². The maximum absolute atomic E-state index is 13.6. The Labute approximate surface area is 181 Å². The molecule has 1 aliphatic rings. The van der Waals surface area contributed by atoms with Crippen LogP contribution >= 0.6 is 0 Å². The Hall–Kier alpha value is -3.91. The molecule has 0 spiro atoms. The van der Waals surface area contributed by atoms with Crippen LogP contribution in [0.5, 0.6) is 5.75 Å². The van der Waals surface area contributed by atoms with Crippen molar-refractivity contribution >= 4 is 17.4 Å². The fraction of sp³-hybridized carbons (Fsp3) is 0.192. The average molecular weight is 410 g/mol. The van der Waals surface area contributed by atoms with E-state index in [4.69, 9.17) is 4.74 Å². The first kappa shape index (κ1) is 20.4. The first-order valence-corrected chi connectivity index (χ1v) is 10.0. The first-order chi connectivity index (χ1) is 15.0. The number of para-hydroxylation sites is 2. The maximum Gasteiger partial charge on any atom is 0.246 e. The second kappa shape index (κ2) is 7.73. The number of Topliss-reactive ketones (excluding diaryl/α,β-unsaturated/α-hetero) is 1. The molecule has 0 bridgehead atoms. The van der Waals surface area contributed by atoms with Crippen molar-refractivity contribution in [1.29, 1.82) is 5.26 Å². The van der Waals surface area contributed by atoms with Crippen LogP contribution < -0.4 is 10.1 Å². The Morgan fingerprint density at radius 1 is 0.935 bits per heavy atom. The van der Waals surface area contributed by atoms with E-state index in [1.807, 2.05) is 36.4 Å². The molecule has 3 aromatic carbocycles. The molecule has 154 valence electrons. The zero-order chi connectivity index (χ0) is 22.1. The maximum atomic E-state index is 13.6. The van der Waals surface area contributed by atoms with E-state index >= 15 is 0 Å². The molecule has 0 aliphatic heterocycles. The normalized spacial score (nSPS) is 24.0. The molecule has 1 saturated carbocycles. The standard InChI is InChI=1S/C26H22N2O3/c1-25(23(29)19-13-7-4-8-14-19)22(18-11-5-3-6-12-18)26(25,17-27)24(30)28-20-15-9-10-16-21(20)31-2/h3-16,22H,1-2H3,(H,28,30)/t22-,25-,26-/m0/s1. The zero-order valence-electron chi connectivity index (χ0n) is 17.3. The third-order valence-electron chi connectivity index (χ3n) is 6.28. The van der Waals surface area contributed by atoms with Crippen LogP contribution in [-0.4, -0.2) is 18.8 Å². The Morgan fingerprint density at radius 3 is 2.13 bits per heavy atom. The molecule has 1 fully saturated rings. The van der Waals surface area contributed by atoms with Gasteiger partial charge in [0.05, 0.1) is 24.3 Å². The quantitative estimate of drug-likeness (QED) is 0.590. The van der Waals surface area contributed by atoms with Crippen LogP contribution in [0.25, 0.3) is 0 Å². The highest BCUT2D eigenvalue weighted by molar-refractivity contribution is 6.14. The number of carbonyl (C=O) groups excluding carboxylic acids is 2. The molecule has 5 heteroatoms. The molecular formula is C26H22N2O3. The Bertz CT molecular complexity index is 1170. The van der Waals surface area contributed by atoms with Crippen molar-refractivity contribution in [2.45, 2.75) is 12.8 Å². The van der Waals surface area contributed by atoms with Crippen LogP contribution in [0.1, 0.15) is 28.8 Å². The van der Waals surface area contributed by atoms with Gasteiger partial charge < -0.3 is 10.1 Å². The largest absolute Gasteiger partial charge is 0.495 e. The molecule has 1 aliphatic carbocycles. The van der Waals surface area contributed by atoms with Crippen molar-refractivity contribution in [1.82, 2.24) is 0 Å². The summed E-state index contributed by atoms with van der Waals surface area (Å²) in [6, 6.07) is 27.3. The molecule has 1 N–H and O–H groups in total. The molecule has 0 radical (unpaired) electrons. The molecule has 3 atom stereocenters. The number of nitrogens with one attached hydrogen (secondary N) is 1. The van der Waals surface area contributed by atoms with Gasteiger partial charge in [0.25, 0.3) is 0 Å². The average Bonchev–Trinajstić information content (AvgIpc) is 3.41. The number of rotatable bonds is 6. The van der Waals surface area contributed by atoms with Gasteiger partial charge in [-0.25, -0.2) is 0 Å². The number of benzene rings is 3. The van der Waals surface area contributed by atoms with Crippen molar-refractivity contribution in [3.63, 3.8) is 0 Å². The fourth-order valence-electron chi connectivity index (χ4n) is 4.61. The third kappa shape index (κ3) is 3.00. The van der Waals surface area contributed by atoms with E-state index in [0.717, 1.165) is 5.56 Å². The van der Waals surface area contributed by atoms with Gasteiger partial charge >= 0.3 is 0 Å². The van der Waals surface area contributed by atoms with E-state index in [9.17, 15) is 14.9 Å². The van der Waals surface area contributed by atoms with Crippen LogP contribution in [0.2, 0.25) is 0 Å². The number of hydrogen-bond acceptors (Lipinski definition) is 4. The highest BCUT2D eigenvalue weighted by atomic mass is 16.5. The lowest BCUT2D eigenvalue weighted by Gasteiger charge is -2.16. The second-order valence-electron chi connectivity index (χ2n) is 7.82. The van der Waals surface area contributed by atoms with Gasteiger partial charge in [-0.3, -0.25) is 9.59 Å². The summed E-state index contributed by atoms with van der Waals surface area (Å²) in [5.41, 5.74) is -1.05. The molecule has 0 saturated heterocycles. The van der Waals surface area contributed by atoms with Gasteiger partial charge in [-0.1, -0.05) is 72.8 Å². The van der Waals surface area contributed by atoms with Gasteiger partial charge in [-0.2, -0.15) is 5.26 Å². The number of amides is 1. The first-order valence-electron chi connectivity index (χ1n) is 10.0. The van der Waals surface area contributed by atoms with Gasteiger partial charge in [0.2, 0.25) is 5.91 Å². The minimum Gasteiger partial charge on any atom is -0.495 e. The number of nitrogens with zero attached hydrogens (tertiary/aromatic N) is 1. The Morgan fingerprint density at radius 2 is 1.52 bits per heavy atom. The highest BCUT2D eigenvalue weighted by Crippen LogP contribution is 2.75. The number of anilines is 1. The summed E-state index contributed by atoms with van der Waals surface area (Å²) in [6.45, 7) is 1.71. The van der Waals surface area contributed by atoms with Crippen LogP contribution in [0.4, 0.5) is 5.69 Å². The lowest BCUT2D eigenvalue weighted by atomic mass is 9.87. The van der Waals surface area contributed by atoms with Crippen molar-refractivity contribution in [3.05, 3.63) is 96.1 Å². The summed E-state index contributed by atoms with van der Waals surface area (Å²) < 4.78 is 5.33. The smallest absolute Gasteiger partial charge is 0.246 e. The minimum atomic E-state index is -1.55. The number of hydrogen-bond donors (Lipinski definition) is 1. The molecule has 31 heavy (non-hydrogen) atoms. The Balaban J connectivity index is 1.80. The lowest BCUT2D eigenvalue weighted by molar-refractivity contribution is -0.120. The highest BCUT2D eigenvalue weighted by Gasteiger charge is 2.82. The van der Waals surface area contributed by atoms with Crippen LogP contribution in [0.3, 0.4) is 0 Å². The van der Waals surface area contributed by atoms with E-state index in [0.29, 0.717) is 17.0 Å². The van der Waals surface area contributed by atoms with Crippen molar-refractivity contribution in [2.75, 3.05) is 12.4 Å². The lowest BCUT2D eigenvalue weighted by Crippen LogP contribution is -2.31. The monoisotopic (exact) mass is 410 g/mol. The predicted molar refractivity (Wildman–Crippen MR) is 118 cm³/mol. The van der Waals surface area contributed by atoms with Crippen LogP contribution in [0.15, 0.2) is 84.9 Å². The number of ether oxygens (including phenoxy) is 1. The molecule has 4 rings (SSSR count). The molecule has 3 aromatic rings. The SMILES string of the molecule is COc1ccccc1NC(=O)[C@]1(C#N)[C@@H](c2ccccc2)[C@@]1(C)C(=O)c1ccccc1. The molecule has 0 aromatic heterocycles. The summed E-state index contributed by atoms with van der Waals surface area (Å²) in [5, 5.41) is 13.1. The van der Waals surface area contributed by atoms with E-state index < -0.39 is 22.7 Å². The summed E-state index contributed by atoms with van der Waals surface area (Å²) in [7, 11) is 1.51. The zero-order valence-corrected chi connectivity index (χ0v) is 17.3. The van der Waals surface area contributed by atoms with Gasteiger partial charge in [-0.05, 0) is 24.6 Å².